The van der Waals surface area contributed by atoms with E-state index in [2.05, 4.69) is 11.9 Å². The average molecular weight is 221 g/mol. The van der Waals surface area contributed by atoms with Gasteiger partial charge >= 0.3 is 0 Å². The number of hydrogen-bond donors (Lipinski definition) is 3. The summed E-state index contributed by atoms with van der Waals surface area (Å²) >= 11 is 0. The highest BCUT2D eigenvalue weighted by molar-refractivity contribution is 5.18. The molecule has 1 aromatic carbocycles. The molecule has 3 N–H and O–H groups in total. The van der Waals surface area contributed by atoms with E-state index < -0.39 is 12.2 Å². The summed E-state index contributed by atoms with van der Waals surface area (Å²) < 4.78 is 0. The smallest absolute Gasteiger partial charge is 0.0989 e. The zero-order valence-corrected chi connectivity index (χ0v) is 9.50. The Kier molecular flexibility index (Phi) is 5.19. The lowest BCUT2D eigenvalue weighted by atomic mass is 10.1. The molecule has 3 heteroatoms. The molecule has 0 saturated carbocycles. The van der Waals surface area contributed by atoms with E-state index in [1.54, 1.807) is 0 Å². The Labute approximate surface area is 96.4 Å². The van der Waals surface area contributed by atoms with Crippen molar-refractivity contribution >= 4 is 0 Å². The van der Waals surface area contributed by atoms with Crippen LogP contribution in [0.4, 0.5) is 0 Å². The Morgan fingerprint density at radius 3 is 2.50 bits per heavy atom. The molecule has 16 heavy (non-hydrogen) atoms. The zero-order chi connectivity index (χ0) is 12.0. The minimum atomic E-state index is -0.879. The van der Waals surface area contributed by atoms with Crippen molar-refractivity contribution in [3.63, 3.8) is 0 Å². The van der Waals surface area contributed by atoms with E-state index in [-0.39, 0.29) is 6.04 Å². The molecule has 0 aliphatic rings. The fourth-order valence-corrected chi connectivity index (χ4v) is 1.43. The van der Waals surface area contributed by atoms with Crippen LogP contribution in [0.5, 0.6) is 0 Å². The maximum absolute atomic E-state index is 9.53. The highest BCUT2D eigenvalue weighted by Gasteiger charge is 2.13. The number of aliphatic hydroxyl groups excluding tert-OH is 2. The predicted octanol–water partition coefficient (Wildman–Crippen LogP) is 1.25. The van der Waals surface area contributed by atoms with Gasteiger partial charge in [0.15, 0.2) is 0 Å². The Morgan fingerprint density at radius 2 is 1.94 bits per heavy atom. The Hall–Kier alpha value is -1.16. The van der Waals surface area contributed by atoms with Gasteiger partial charge < -0.3 is 15.5 Å². The van der Waals surface area contributed by atoms with Gasteiger partial charge in [-0.25, -0.2) is 0 Å². The van der Waals surface area contributed by atoms with E-state index in [1.807, 2.05) is 37.3 Å². The molecule has 1 rings (SSSR count). The highest BCUT2D eigenvalue weighted by atomic mass is 16.3. The number of aliphatic hydroxyl groups is 2. The average Bonchev–Trinajstić information content (AvgIpc) is 2.35. The van der Waals surface area contributed by atoms with Crippen LogP contribution in [-0.4, -0.2) is 29.0 Å². The lowest BCUT2D eigenvalue weighted by Gasteiger charge is -2.19. The van der Waals surface area contributed by atoms with Crippen molar-refractivity contribution < 1.29 is 10.2 Å². The van der Waals surface area contributed by atoms with Gasteiger partial charge in [0.2, 0.25) is 0 Å². The Bertz CT molecular complexity index is 313. The summed E-state index contributed by atoms with van der Waals surface area (Å²) in [6.07, 6.45) is -0.362. The molecule has 0 aliphatic heterocycles. The second kappa shape index (κ2) is 6.43. The van der Waals surface area contributed by atoms with Crippen molar-refractivity contribution in [2.24, 2.45) is 0 Å². The molecule has 0 saturated heterocycles. The van der Waals surface area contributed by atoms with E-state index in [9.17, 15) is 10.2 Å². The van der Waals surface area contributed by atoms with Crippen LogP contribution in [0, 0.1) is 0 Å². The van der Waals surface area contributed by atoms with Gasteiger partial charge in [0.1, 0.15) is 0 Å². The van der Waals surface area contributed by atoms with Crippen LogP contribution < -0.4 is 5.32 Å². The molecule has 0 unspecified atom stereocenters. The molecule has 0 aromatic heterocycles. The van der Waals surface area contributed by atoms with Crippen molar-refractivity contribution in [1.82, 2.24) is 5.32 Å². The molecule has 0 radical (unpaired) electrons. The fourth-order valence-electron chi connectivity index (χ4n) is 1.43. The van der Waals surface area contributed by atoms with Gasteiger partial charge in [0, 0.05) is 12.6 Å². The highest BCUT2D eigenvalue weighted by Crippen LogP contribution is 2.10. The zero-order valence-electron chi connectivity index (χ0n) is 9.50. The largest absolute Gasteiger partial charge is 0.389 e. The Morgan fingerprint density at radius 1 is 1.31 bits per heavy atom. The van der Waals surface area contributed by atoms with Gasteiger partial charge in [-0.15, -0.1) is 6.58 Å². The minimum absolute atomic E-state index is 0.146. The van der Waals surface area contributed by atoms with Gasteiger partial charge in [0.05, 0.1) is 12.2 Å². The van der Waals surface area contributed by atoms with E-state index in [1.165, 1.54) is 6.08 Å². The molecule has 0 amide bonds. The first-order chi connectivity index (χ1) is 7.65. The third kappa shape index (κ3) is 3.77. The first kappa shape index (κ1) is 12.9. The molecule has 0 spiro atoms. The normalized spacial score (nSPS) is 16.4. The maximum atomic E-state index is 9.53. The van der Waals surface area contributed by atoms with Crippen LogP contribution >= 0.6 is 0 Å². The monoisotopic (exact) mass is 221 g/mol. The van der Waals surface area contributed by atoms with Crippen LogP contribution in [0.25, 0.3) is 0 Å². The summed E-state index contributed by atoms with van der Waals surface area (Å²) in [5, 5.41) is 22.0. The van der Waals surface area contributed by atoms with Gasteiger partial charge in [-0.2, -0.15) is 0 Å². The lowest BCUT2D eigenvalue weighted by molar-refractivity contribution is 0.0477. The topological polar surface area (TPSA) is 52.5 Å². The molecule has 0 heterocycles. The summed E-state index contributed by atoms with van der Waals surface area (Å²) in [6, 6.07) is 10.1. The number of nitrogens with one attached hydrogen (secondary N) is 1. The molecule has 0 aliphatic carbocycles. The molecule has 0 bridgehead atoms. The van der Waals surface area contributed by atoms with Gasteiger partial charge in [-0.1, -0.05) is 36.4 Å². The standard InChI is InChI=1S/C13H19NO2/c1-3-12(15)13(16)9-14-10(2)11-7-5-4-6-8-11/h3-8,10,12-16H,1,9H2,2H3/t10-,12+,13-/m1/s1. The predicted molar refractivity (Wildman–Crippen MR) is 65.1 cm³/mol. The van der Waals surface area contributed by atoms with Crippen LogP contribution in [0.1, 0.15) is 18.5 Å². The third-order valence-corrected chi connectivity index (χ3v) is 2.57. The molecular weight excluding hydrogens is 202 g/mol. The summed E-state index contributed by atoms with van der Waals surface area (Å²) in [7, 11) is 0. The summed E-state index contributed by atoms with van der Waals surface area (Å²) in [4.78, 5) is 0. The summed E-state index contributed by atoms with van der Waals surface area (Å²) in [6.45, 7) is 5.78. The quantitative estimate of drug-likeness (QED) is 0.634. The third-order valence-electron chi connectivity index (χ3n) is 2.57. The van der Waals surface area contributed by atoms with Crippen molar-refractivity contribution in [2.45, 2.75) is 25.2 Å². The number of rotatable bonds is 6. The molecular formula is C13H19NO2. The van der Waals surface area contributed by atoms with E-state index in [4.69, 9.17) is 0 Å². The summed E-state index contributed by atoms with van der Waals surface area (Å²) in [5.41, 5.74) is 1.16. The van der Waals surface area contributed by atoms with E-state index in [0.29, 0.717) is 6.54 Å². The van der Waals surface area contributed by atoms with Crippen molar-refractivity contribution in [2.75, 3.05) is 6.54 Å². The van der Waals surface area contributed by atoms with E-state index in [0.717, 1.165) is 5.56 Å². The van der Waals surface area contributed by atoms with Crippen molar-refractivity contribution in [1.29, 1.82) is 0 Å². The minimum Gasteiger partial charge on any atom is -0.389 e. The fraction of sp³-hybridized carbons (Fsp3) is 0.385. The second-order valence-corrected chi connectivity index (χ2v) is 3.83. The van der Waals surface area contributed by atoms with Crippen molar-refractivity contribution in [3.8, 4) is 0 Å². The van der Waals surface area contributed by atoms with Gasteiger partial charge in [-0.3, -0.25) is 0 Å². The first-order valence-corrected chi connectivity index (χ1v) is 5.42. The van der Waals surface area contributed by atoms with Gasteiger partial charge in [-0.05, 0) is 12.5 Å². The van der Waals surface area contributed by atoms with E-state index >= 15 is 0 Å². The SMILES string of the molecule is C=C[C@H](O)[C@H](O)CN[C@H](C)c1ccccc1. The van der Waals surface area contributed by atoms with Crippen LogP contribution in [-0.2, 0) is 0 Å². The second-order valence-electron chi connectivity index (χ2n) is 3.83. The maximum Gasteiger partial charge on any atom is 0.0989 e. The number of benzene rings is 1. The van der Waals surface area contributed by atoms with Gasteiger partial charge in [0.25, 0.3) is 0 Å². The van der Waals surface area contributed by atoms with Crippen molar-refractivity contribution in [3.05, 3.63) is 48.6 Å². The van der Waals surface area contributed by atoms with Crippen LogP contribution in [0.15, 0.2) is 43.0 Å². The molecule has 3 nitrogen and oxygen atoms in total. The van der Waals surface area contributed by atoms with Crippen LogP contribution in [0.2, 0.25) is 0 Å². The molecule has 3 atom stereocenters. The lowest BCUT2D eigenvalue weighted by Crippen LogP contribution is -2.36. The van der Waals surface area contributed by atoms with Crippen LogP contribution in [0.3, 0.4) is 0 Å². The summed E-state index contributed by atoms with van der Waals surface area (Å²) in [5.74, 6) is 0. The molecule has 1 aromatic rings. The Balaban J connectivity index is 2.41. The molecule has 0 fully saturated rings. The number of hydrogen-bond acceptors (Lipinski definition) is 3. The first-order valence-electron chi connectivity index (χ1n) is 5.42. The molecule has 88 valence electrons.